The maximum atomic E-state index is 14.1. The number of benzene rings is 3. The summed E-state index contributed by atoms with van der Waals surface area (Å²) >= 11 is 39.5. The highest BCUT2D eigenvalue weighted by Crippen LogP contribution is 2.77. The lowest BCUT2D eigenvalue weighted by Crippen LogP contribution is -2.56. The van der Waals surface area contributed by atoms with Crippen molar-refractivity contribution in [3.8, 4) is 11.5 Å². The lowest BCUT2D eigenvalue weighted by atomic mass is 9.84. The van der Waals surface area contributed by atoms with Crippen LogP contribution in [-0.4, -0.2) is 64.0 Å². The summed E-state index contributed by atoms with van der Waals surface area (Å²) in [6.45, 7) is -0.887. The summed E-state index contributed by atoms with van der Waals surface area (Å²) < 4.78 is 3.42. The molecule has 19 heteroatoms. The molecule has 13 nitrogen and oxygen atoms in total. The minimum absolute atomic E-state index is 0.0211. The molecule has 0 unspecified atom stereocenters. The Kier molecular flexibility index (Phi) is 8.62. The number of imide groups is 1. The molecule has 49 heavy (non-hydrogen) atoms. The number of amides is 3. The van der Waals surface area contributed by atoms with Crippen LogP contribution in [0, 0.1) is 32.1 Å². The molecule has 1 heterocycles. The van der Waals surface area contributed by atoms with Crippen molar-refractivity contribution in [2.24, 2.45) is 11.8 Å². The Balaban J connectivity index is 1.32. The topological polar surface area (TPSA) is 170 Å². The SMILES string of the molecule is O=C(CN(C(=O)c1ccc([N+](=O)[O-])cc1)N1C(=O)[C@@H]2[C@@H](C1=O)[C@@]1(Cl)C(Cl)=C(Cl)[C@@]2(Cl)C1(Cl)Cl)c1ccc(Oc2ccc([N+](=O)[O-])cc2)cc1. The monoisotopic (exact) mass is 786 g/mol. The fourth-order valence-electron chi connectivity index (χ4n) is 6.03. The number of nitro groups is 2. The zero-order valence-electron chi connectivity index (χ0n) is 24.0. The maximum Gasteiger partial charge on any atom is 0.273 e. The fourth-order valence-corrected chi connectivity index (χ4v) is 8.96. The molecule has 0 spiro atoms. The highest BCUT2D eigenvalue weighted by Gasteiger charge is 2.88. The van der Waals surface area contributed by atoms with E-state index < -0.39 is 65.8 Å². The highest BCUT2D eigenvalue weighted by atomic mass is 35.5. The molecule has 0 radical (unpaired) electrons. The number of nitro benzene ring substituents is 2. The van der Waals surface area contributed by atoms with E-state index in [0.717, 1.165) is 24.3 Å². The zero-order valence-corrected chi connectivity index (χ0v) is 28.6. The van der Waals surface area contributed by atoms with Gasteiger partial charge in [-0.1, -0.05) is 46.4 Å². The van der Waals surface area contributed by atoms with Gasteiger partial charge in [-0.25, -0.2) is 5.01 Å². The molecule has 3 aliphatic rings. The van der Waals surface area contributed by atoms with Crippen molar-refractivity contribution in [2.45, 2.75) is 14.1 Å². The number of allylic oxidation sites excluding steroid dienone is 2. The largest absolute Gasteiger partial charge is 0.457 e. The first-order chi connectivity index (χ1) is 23.0. The van der Waals surface area contributed by atoms with E-state index in [0.29, 0.717) is 10.0 Å². The third kappa shape index (κ3) is 5.05. The molecule has 3 aromatic carbocycles. The number of carbonyl (C=O) groups excluding carboxylic acids is 4. The van der Waals surface area contributed by atoms with Gasteiger partial charge in [-0.3, -0.25) is 39.4 Å². The first kappa shape index (κ1) is 34.9. The third-order valence-corrected chi connectivity index (χ3v) is 12.7. The van der Waals surface area contributed by atoms with Crippen LogP contribution >= 0.6 is 69.6 Å². The van der Waals surface area contributed by atoms with E-state index in [2.05, 4.69) is 0 Å². The number of hydrazine groups is 1. The Hall–Kier alpha value is -3.98. The average Bonchev–Trinajstić information content (AvgIpc) is 3.46. The Morgan fingerprint density at radius 3 is 1.53 bits per heavy atom. The summed E-state index contributed by atoms with van der Waals surface area (Å²) in [4.78, 5) is 72.1. The van der Waals surface area contributed by atoms with E-state index in [1.807, 2.05) is 0 Å². The van der Waals surface area contributed by atoms with E-state index >= 15 is 0 Å². The maximum absolute atomic E-state index is 14.1. The van der Waals surface area contributed by atoms with Crippen LogP contribution in [0.1, 0.15) is 20.7 Å². The Morgan fingerprint density at radius 2 is 1.10 bits per heavy atom. The lowest BCUT2D eigenvalue weighted by molar-refractivity contribution is -0.385. The lowest BCUT2D eigenvalue weighted by Gasteiger charge is -2.36. The standard InChI is InChI=1S/C30H16Cl6N4O9/c31-23-24(32)29(34)22-21(28(23,33)30(29,35)36)26(43)38(27(22)44)37(25(42)15-1-5-16(6-2-15)39(45)46)13-20(41)14-3-9-18(10-4-14)49-19-11-7-17(8-12-19)40(47)48/h1-12,21-22H,13H2/t21-,22-,28+,29+/m0/s1. The van der Waals surface area contributed by atoms with Gasteiger partial charge in [0.2, 0.25) is 0 Å². The summed E-state index contributed by atoms with van der Waals surface area (Å²) in [7, 11) is 0. The van der Waals surface area contributed by atoms with Crippen LogP contribution in [-0.2, 0) is 9.59 Å². The van der Waals surface area contributed by atoms with Gasteiger partial charge >= 0.3 is 0 Å². The molecule has 252 valence electrons. The average molecular weight is 789 g/mol. The predicted molar refractivity (Wildman–Crippen MR) is 177 cm³/mol. The molecule has 3 amide bonds. The van der Waals surface area contributed by atoms with Crippen molar-refractivity contribution < 1.29 is 33.8 Å². The summed E-state index contributed by atoms with van der Waals surface area (Å²) in [5.74, 6) is -6.70. The van der Waals surface area contributed by atoms with E-state index in [1.165, 1.54) is 48.5 Å². The summed E-state index contributed by atoms with van der Waals surface area (Å²) in [6.07, 6.45) is 0. The van der Waals surface area contributed by atoms with Crippen molar-refractivity contribution in [1.82, 2.24) is 10.0 Å². The van der Waals surface area contributed by atoms with Gasteiger partial charge in [0.15, 0.2) is 10.1 Å². The Labute approximate surface area is 305 Å². The number of alkyl halides is 4. The van der Waals surface area contributed by atoms with Gasteiger partial charge in [-0.2, -0.15) is 5.01 Å². The Bertz CT molecular complexity index is 1960. The van der Waals surface area contributed by atoms with Crippen molar-refractivity contribution in [2.75, 3.05) is 6.54 Å². The summed E-state index contributed by atoms with van der Waals surface area (Å²) in [6, 6.07) is 15.0. The van der Waals surface area contributed by atoms with Gasteiger partial charge in [-0.05, 0) is 48.5 Å². The van der Waals surface area contributed by atoms with Crippen LogP contribution in [0.25, 0.3) is 0 Å². The van der Waals surface area contributed by atoms with Crippen molar-refractivity contribution >= 4 is 104 Å². The van der Waals surface area contributed by atoms with Crippen LogP contribution in [0.5, 0.6) is 11.5 Å². The van der Waals surface area contributed by atoms with E-state index in [-0.39, 0.29) is 44.1 Å². The van der Waals surface area contributed by atoms with Crippen molar-refractivity contribution in [3.05, 3.63) is 114 Å². The van der Waals surface area contributed by atoms with Crippen LogP contribution < -0.4 is 4.74 Å². The van der Waals surface area contributed by atoms with E-state index in [9.17, 15) is 39.4 Å². The number of ether oxygens (including phenoxy) is 1. The van der Waals surface area contributed by atoms with Gasteiger partial charge in [0.05, 0.1) is 31.7 Å². The molecule has 0 N–H and O–H groups in total. The highest BCUT2D eigenvalue weighted by molar-refractivity contribution is 6.66. The summed E-state index contributed by atoms with van der Waals surface area (Å²) in [5, 5.41) is 22.3. The molecule has 1 aliphatic heterocycles. The number of hydrogen-bond acceptors (Lipinski definition) is 9. The molecule has 1 saturated carbocycles. The van der Waals surface area contributed by atoms with E-state index in [1.54, 1.807) is 0 Å². The number of halogens is 6. The van der Waals surface area contributed by atoms with Crippen LogP contribution in [0.4, 0.5) is 11.4 Å². The Morgan fingerprint density at radius 1 is 0.714 bits per heavy atom. The zero-order chi connectivity index (χ0) is 35.8. The van der Waals surface area contributed by atoms with Crippen LogP contribution in [0.2, 0.25) is 0 Å². The number of fused-ring (bicyclic) bond motifs is 5. The number of hydrogen-bond donors (Lipinski definition) is 0. The minimum atomic E-state index is -2.24. The first-order valence-electron chi connectivity index (χ1n) is 13.8. The molecule has 1 saturated heterocycles. The first-order valence-corrected chi connectivity index (χ1v) is 16.0. The molecule has 4 atom stereocenters. The molecule has 2 fully saturated rings. The normalized spacial score (nSPS) is 25.0. The molecule has 3 aromatic rings. The molecule has 0 aromatic heterocycles. The number of carbonyl (C=O) groups is 4. The predicted octanol–water partition coefficient (Wildman–Crippen LogP) is 6.98. The molecule has 2 bridgehead atoms. The molecular weight excluding hydrogens is 773 g/mol. The second-order valence-electron chi connectivity index (χ2n) is 11.0. The minimum Gasteiger partial charge on any atom is -0.457 e. The number of non-ortho nitro benzene ring substituents is 2. The number of ketones is 1. The summed E-state index contributed by atoms with van der Waals surface area (Å²) in [5.41, 5.74) is -0.682. The van der Waals surface area contributed by atoms with E-state index in [4.69, 9.17) is 74.3 Å². The number of Topliss-reactive ketones (excluding diaryl/α,β-unsaturated/α-hetero) is 1. The van der Waals surface area contributed by atoms with Crippen molar-refractivity contribution in [3.63, 3.8) is 0 Å². The van der Waals surface area contributed by atoms with Crippen LogP contribution in [0.3, 0.4) is 0 Å². The quantitative estimate of drug-likeness (QED) is 0.0730. The van der Waals surface area contributed by atoms with Gasteiger partial charge in [0.1, 0.15) is 27.8 Å². The second kappa shape index (κ2) is 12.1. The van der Waals surface area contributed by atoms with Crippen molar-refractivity contribution in [1.29, 1.82) is 0 Å². The van der Waals surface area contributed by atoms with Gasteiger partial charge in [0.25, 0.3) is 29.1 Å². The molecule has 6 rings (SSSR count). The second-order valence-corrected chi connectivity index (χ2v) is 14.3. The van der Waals surface area contributed by atoms with Gasteiger partial charge in [0, 0.05) is 35.4 Å². The van der Waals surface area contributed by atoms with Gasteiger partial charge < -0.3 is 4.74 Å². The molecule has 2 aliphatic carbocycles. The fraction of sp³-hybridized carbons (Fsp3) is 0.200. The molecular formula is C30H16Cl6N4O9. The van der Waals surface area contributed by atoms with Gasteiger partial charge in [-0.15, -0.1) is 23.2 Å². The smallest absolute Gasteiger partial charge is 0.273 e. The third-order valence-electron chi connectivity index (χ3n) is 8.44. The number of nitrogens with zero attached hydrogens (tertiary/aromatic N) is 4. The van der Waals surface area contributed by atoms with Crippen LogP contribution in [0.15, 0.2) is 82.9 Å². The number of rotatable bonds is 9.